The number of nitrogens with zero attached hydrogens (tertiary/aromatic N) is 2. The van der Waals surface area contributed by atoms with Crippen LogP contribution in [0.25, 0.3) is 11.5 Å². The number of hydrogen-bond acceptors (Lipinski definition) is 6. The fourth-order valence-corrected chi connectivity index (χ4v) is 3.02. The van der Waals surface area contributed by atoms with Crippen molar-refractivity contribution >= 4 is 17.3 Å². The molecule has 0 spiro atoms. The smallest absolute Gasteiger partial charge is 0.277 e. The van der Waals surface area contributed by atoms with Crippen molar-refractivity contribution in [1.82, 2.24) is 5.16 Å². The van der Waals surface area contributed by atoms with E-state index >= 15 is 0 Å². The van der Waals surface area contributed by atoms with Crippen LogP contribution >= 0.6 is 0 Å². The maximum absolute atomic E-state index is 12.3. The highest BCUT2D eigenvalue weighted by Gasteiger charge is 2.22. The fraction of sp³-hybridized carbons (Fsp3) is 0.263. The van der Waals surface area contributed by atoms with Crippen LogP contribution in [0.15, 0.2) is 57.7 Å². The van der Waals surface area contributed by atoms with Crippen LogP contribution in [0.4, 0.5) is 11.4 Å². The number of aromatic nitrogens is 1. The summed E-state index contributed by atoms with van der Waals surface area (Å²) in [5, 5.41) is 6.62. The molecule has 1 unspecified atom stereocenters. The van der Waals surface area contributed by atoms with Crippen molar-refractivity contribution in [3.05, 3.63) is 54.4 Å². The van der Waals surface area contributed by atoms with Crippen molar-refractivity contribution in [3.8, 4) is 11.5 Å². The minimum absolute atomic E-state index is 0.197. The molecule has 26 heavy (non-hydrogen) atoms. The minimum Gasteiger partial charge on any atom is -0.461 e. The van der Waals surface area contributed by atoms with E-state index in [1.54, 1.807) is 25.3 Å². The summed E-state index contributed by atoms with van der Waals surface area (Å²) in [5.41, 5.74) is 2.01. The van der Waals surface area contributed by atoms with Gasteiger partial charge in [-0.05, 0) is 42.8 Å². The predicted octanol–water partition coefficient (Wildman–Crippen LogP) is 3.41. The van der Waals surface area contributed by atoms with Gasteiger partial charge in [0.15, 0.2) is 11.5 Å². The van der Waals surface area contributed by atoms with Gasteiger partial charge in [-0.3, -0.25) is 4.79 Å². The molecule has 1 N–H and O–H groups in total. The Morgan fingerprint density at radius 3 is 2.81 bits per heavy atom. The van der Waals surface area contributed by atoms with Crippen LogP contribution in [0.5, 0.6) is 0 Å². The van der Waals surface area contributed by atoms with E-state index in [-0.39, 0.29) is 17.7 Å². The zero-order valence-corrected chi connectivity index (χ0v) is 14.3. The topological polar surface area (TPSA) is 80.7 Å². The van der Waals surface area contributed by atoms with E-state index in [0.717, 1.165) is 25.2 Å². The lowest BCUT2D eigenvalue weighted by atomic mass is 10.2. The molecule has 1 fully saturated rings. The van der Waals surface area contributed by atoms with Gasteiger partial charge < -0.3 is 23.9 Å². The number of methoxy groups -OCH3 is 1. The third-order valence-electron chi connectivity index (χ3n) is 4.48. The number of hydrogen-bond donors (Lipinski definition) is 1. The second-order valence-corrected chi connectivity index (χ2v) is 6.15. The summed E-state index contributed by atoms with van der Waals surface area (Å²) in [6, 6.07) is 12.8. The van der Waals surface area contributed by atoms with Crippen LogP contribution in [0.1, 0.15) is 16.9 Å². The lowest BCUT2D eigenvalue weighted by molar-refractivity contribution is 0.101. The Labute approximate surface area is 150 Å². The lowest BCUT2D eigenvalue weighted by Gasteiger charge is -2.18. The van der Waals surface area contributed by atoms with Crippen LogP contribution in [0.3, 0.4) is 0 Å². The van der Waals surface area contributed by atoms with Gasteiger partial charge in [-0.1, -0.05) is 5.16 Å². The molecule has 134 valence electrons. The van der Waals surface area contributed by atoms with Crippen LogP contribution in [-0.2, 0) is 4.74 Å². The van der Waals surface area contributed by atoms with Gasteiger partial charge in [-0.2, -0.15) is 0 Å². The molecule has 1 saturated heterocycles. The molecule has 4 rings (SSSR count). The first kappa shape index (κ1) is 16.4. The van der Waals surface area contributed by atoms with Gasteiger partial charge in [0.05, 0.1) is 12.4 Å². The second kappa shape index (κ2) is 7.05. The average molecular weight is 353 g/mol. The maximum Gasteiger partial charge on any atom is 0.277 e. The van der Waals surface area contributed by atoms with Gasteiger partial charge in [0.1, 0.15) is 0 Å². The van der Waals surface area contributed by atoms with Crippen molar-refractivity contribution in [2.45, 2.75) is 12.5 Å². The van der Waals surface area contributed by atoms with E-state index in [1.807, 2.05) is 24.3 Å². The van der Waals surface area contributed by atoms with Crippen molar-refractivity contribution in [1.29, 1.82) is 0 Å². The first-order valence-corrected chi connectivity index (χ1v) is 8.42. The summed E-state index contributed by atoms with van der Waals surface area (Å²) < 4.78 is 15.8. The van der Waals surface area contributed by atoms with Gasteiger partial charge in [-0.25, -0.2) is 0 Å². The quantitative estimate of drug-likeness (QED) is 0.757. The molecule has 1 aliphatic heterocycles. The molecule has 7 nitrogen and oxygen atoms in total. The lowest BCUT2D eigenvalue weighted by Crippen LogP contribution is -2.22. The van der Waals surface area contributed by atoms with Crippen molar-refractivity contribution in [2.75, 3.05) is 30.4 Å². The molecule has 2 aromatic heterocycles. The average Bonchev–Trinajstić information content (AvgIpc) is 3.42. The number of rotatable bonds is 5. The summed E-state index contributed by atoms with van der Waals surface area (Å²) in [6.07, 6.45) is 2.85. The maximum atomic E-state index is 12.3. The van der Waals surface area contributed by atoms with Crippen molar-refractivity contribution < 1.29 is 18.5 Å². The van der Waals surface area contributed by atoms with E-state index < -0.39 is 0 Å². The van der Waals surface area contributed by atoms with E-state index in [2.05, 4.69) is 15.4 Å². The SMILES string of the molecule is COC1CCN(c2ccc(NC(=O)c3cc(-c4ccco4)on3)cc2)C1. The molecule has 7 heteroatoms. The molecule has 0 aliphatic carbocycles. The molecule has 1 amide bonds. The number of anilines is 2. The third-order valence-corrected chi connectivity index (χ3v) is 4.48. The highest BCUT2D eigenvalue weighted by molar-refractivity contribution is 6.03. The zero-order chi connectivity index (χ0) is 17.9. The number of nitrogens with one attached hydrogen (secondary N) is 1. The first-order valence-electron chi connectivity index (χ1n) is 8.42. The summed E-state index contributed by atoms with van der Waals surface area (Å²) in [4.78, 5) is 14.6. The fourth-order valence-electron chi connectivity index (χ4n) is 3.02. The van der Waals surface area contributed by atoms with Gasteiger partial charge in [0, 0.05) is 37.6 Å². The number of ether oxygens (including phenoxy) is 1. The van der Waals surface area contributed by atoms with Crippen LogP contribution in [0.2, 0.25) is 0 Å². The number of carbonyl (C=O) groups is 1. The molecule has 0 bridgehead atoms. The molecule has 0 radical (unpaired) electrons. The Kier molecular flexibility index (Phi) is 4.45. The Bertz CT molecular complexity index is 871. The van der Waals surface area contributed by atoms with E-state index in [9.17, 15) is 4.79 Å². The predicted molar refractivity (Wildman–Crippen MR) is 96.2 cm³/mol. The summed E-state index contributed by atoms with van der Waals surface area (Å²) >= 11 is 0. The molecule has 1 aromatic carbocycles. The molecule has 3 aromatic rings. The number of benzene rings is 1. The Hall–Kier alpha value is -3.06. The summed E-state index contributed by atoms with van der Waals surface area (Å²) in [7, 11) is 1.74. The first-order chi connectivity index (χ1) is 12.7. The van der Waals surface area contributed by atoms with E-state index in [1.165, 1.54) is 6.26 Å². The highest BCUT2D eigenvalue weighted by Crippen LogP contribution is 2.24. The largest absolute Gasteiger partial charge is 0.461 e. The van der Waals surface area contributed by atoms with Crippen LogP contribution < -0.4 is 10.2 Å². The highest BCUT2D eigenvalue weighted by atomic mass is 16.5. The molecule has 0 saturated carbocycles. The van der Waals surface area contributed by atoms with Gasteiger partial charge in [0.25, 0.3) is 5.91 Å². The van der Waals surface area contributed by atoms with Crippen molar-refractivity contribution in [3.63, 3.8) is 0 Å². The Morgan fingerprint density at radius 2 is 2.12 bits per heavy atom. The standard InChI is InChI=1S/C19H19N3O4/c1-24-15-8-9-22(12-15)14-6-4-13(5-7-14)20-19(23)16-11-18(26-21-16)17-3-2-10-25-17/h2-7,10-11,15H,8-9,12H2,1H3,(H,20,23). The second-order valence-electron chi connectivity index (χ2n) is 6.15. The monoisotopic (exact) mass is 353 g/mol. The molecular weight excluding hydrogens is 334 g/mol. The van der Waals surface area contributed by atoms with Gasteiger partial charge in [0.2, 0.25) is 5.76 Å². The van der Waals surface area contributed by atoms with Crippen LogP contribution in [-0.4, -0.2) is 37.4 Å². The van der Waals surface area contributed by atoms with Gasteiger partial charge >= 0.3 is 0 Å². The number of amides is 1. The normalized spacial score (nSPS) is 16.8. The van der Waals surface area contributed by atoms with Crippen molar-refractivity contribution in [2.24, 2.45) is 0 Å². The molecule has 3 heterocycles. The zero-order valence-electron chi connectivity index (χ0n) is 14.3. The van der Waals surface area contributed by atoms with E-state index in [4.69, 9.17) is 13.7 Å². The number of furan rings is 1. The van der Waals surface area contributed by atoms with E-state index in [0.29, 0.717) is 17.2 Å². The minimum atomic E-state index is -0.333. The van der Waals surface area contributed by atoms with Gasteiger partial charge in [-0.15, -0.1) is 0 Å². The summed E-state index contributed by atoms with van der Waals surface area (Å²) in [6.45, 7) is 1.86. The number of carbonyl (C=O) groups excluding carboxylic acids is 1. The Balaban J connectivity index is 1.40. The third kappa shape index (κ3) is 3.34. The molecule has 1 atom stereocenters. The molecular formula is C19H19N3O4. The Morgan fingerprint density at radius 1 is 1.27 bits per heavy atom. The van der Waals surface area contributed by atoms with Crippen LogP contribution in [0, 0.1) is 0 Å². The summed E-state index contributed by atoms with van der Waals surface area (Å²) in [5.74, 6) is 0.609. The molecule has 1 aliphatic rings.